The molecule has 1 atom stereocenters. The Morgan fingerprint density at radius 1 is 0.907 bits per heavy atom. The average molecular weight is 575 g/mol. The van der Waals surface area contributed by atoms with Crippen LogP contribution in [0.25, 0.3) is 21.9 Å². The van der Waals surface area contributed by atoms with E-state index in [1.54, 1.807) is 49.6 Å². The van der Waals surface area contributed by atoms with Crippen molar-refractivity contribution < 1.29 is 23.8 Å². The van der Waals surface area contributed by atoms with Crippen LogP contribution in [0.3, 0.4) is 0 Å². The summed E-state index contributed by atoms with van der Waals surface area (Å²) in [5.41, 5.74) is 3.44. The summed E-state index contributed by atoms with van der Waals surface area (Å²) in [6.07, 6.45) is 0.423. The Kier molecular flexibility index (Phi) is 7.57. The summed E-state index contributed by atoms with van der Waals surface area (Å²) < 4.78 is 16.6. The Labute approximate surface area is 247 Å². The van der Waals surface area contributed by atoms with E-state index in [0.29, 0.717) is 46.7 Å². The van der Waals surface area contributed by atoms with Gasteiger partial charge in [0.1, 0.15) is 22.8 Å². The fraction of sp³-hybridized carbons (Fsp3) is 0.143. The number of fused-ring (bicyclic) bond motifs is 2. The lowest BCUT2D eigenvalue weighted by molar-refractivity contribution is 0.0951. The zero-order valence-corrected chi connectivity index (χ0v) is 23.7. The molecule has 216 valence electrons. The van der Waals surface area contributed by atoms with Crippen LogP contribution in [0.15, 0.2) is 106 Å². The summed E-state index contributed by atoms with van der Waals surface area (Å²) in [6.45, 7) is 0.299. The van der Waals surface area contributed by atoms with Crippen molar-refractivity contribution in [2.24, 2.45) is 0 Å². The third-order valence-corrected chi connectivity index (χ3v) is 7.69. The van der Waals surface area contributed by atoms with E-state index in [1.807, 2.05) is 54.6 Å². The zero-order chi connectivity index (χ0) is 29.9. The molecule has 0 bridgehead atoms. The lowest BCUT2D eigenvalue weighted by Gasteiger charge is -2.20. The second-order valence-electron chi connectivity index (χ2n) is 10.1. The van der Waals surface area contributed by atoms with E-state index in [1.165, 1.54) is 7.11 Å². The number of hydrogen-bond acceptors (Lipinski definition) is 6. The highest BCUT2D eigenvalue weighted by Gasteiger charge is 2.30. The largest absolute Gasteiger partial charge is 0.507 e. The summed E-state index contributed by atoms with van der Waals surface area (Å²) in [5, 5.41) is 15.9. The van der Waals surface area contributed by atoms with Gasteiger partial charge in [0.2, 0.25) is 0 Å². The maximum atomic E-state index is 13.6. The molecule has 2 aromatic heterocycles. The van der Waals surface area contributed by atoms with Gasteiger partial charge in [-0.1, -0.05) is 54.6 Å². The highest BCUT2D eigenvalue weighted by Crippen LogP contribution is 2.41. The molecule has 2 heterocycles. The van der Waals surface area contributed by atoms with Gasteiger partial charge in [0.25, 0.3) is 5.91 Å². The number of hydrogen-bond donors (Lipinski definition) is 3. The summed E-state index contributed by atoms with van der Waals surface area (Å²) >= 11 is 0. The van der Waals surface area contributed by atoms with Gasteiger partial charge in [0.05, 0.1) is 36.7 Å². The quantitative estimate of drug-likeness (QED) is 0.179. The predicted octanol–water partition coefficient (Wildman–Crippen LogP) is 6.15. The monoisotopic (exact) mass is 574 g/mol. The molecular formula is C35H30N2O6. The molecular weight excluding hydrogens is 544 g/mol. The molecule has 1 amide bonds. The lowest BCUT2D eigenvalue weighted by Crippen LogP contribution is -2.26. The molecule has 43 heavy (non-hydrogen) atoms. The number of aromatic hydroxyl groups is 1. The van der Waals surface area contributed by atoms with E-state index in [-0.39, 0.29) is 17.2 Å². The Bertz CT molecular complexity index is 1990. The number of ether oxygens (including phenoxy) is 2. The lowest BCUT2D eigenvalue weighted by atomic mass is 9.85. The molecule has 8 heteroatoms. The molecule has 0 radical (unpaired) electrons. The van der Waals surface area contributed by atoms with Crippen LogP contribution in [-0.4, -0.2) is 36.8 Å². The van der Waals surface area contributed by atoms with Gasteiger partial charge in [-0.15, -0.1) is 0 Å². The number of carbonyl (C=O) groups excluding carboxylic acids is 1. The summed E-state index contributed by atoms with van der Waals surface area (Å²) in [4.78, 5) is 30.2. The van der Waals surface area contributed by atoms with Crippen molar-refractivity contribution in [3.05, 3.63) is 135 Å². The number of aromatic amines is 1. The minimum absolute atomic E-state index is 0.128. The molecule has 3 N–H and O–H groups in total. The number of methoxy groups -OCH3 is 2. The van der Waals surface area contributed by atoms with Crippen LogP contribution in [0.5, 0.6) is 17.2 Å². The first-order valence-corrected chi connectivity index (χ1v) is 13.9. The van der Waals surface area contributed by atoms with Crippen LogP contribution < -0.4 is 20.4 Å². The molecule has 0 spiro atoms. The van der Waals surface area contributed by atoms with Gasteiger partial charge in [0, 0.05) is 23.1 Å². The molecule has 0 aliphatic heterocycles. The van der Waals surface area contributed by atoms with Crippen molar-refractivity contribution in [2.75, 3.05) is 20.8 Å². The first-order chi connectivity index (χ1) is 21.0. The van der Waals surface area contributed by atoms with Crippen molar-refractivity contribution >= 4 is 27.8 Å². The number of H-pyrrole nitrogens is 1. The average Bonchev–Trinajstić information content (AvgIpc) is 3.40. The van der Waals surface area contributed by atoms with Gasteiger partial charge in [-0.2, -0.15) is 0 Å². The number of carbonyl (C=O) groups is 1. The third-order valence-electron chi connectivity index (χ3n) is 7.69. The molecule has 0 saturated heterocycles. The van der Waals surface area contributed by atoms with Gasteiger partial charge in [-0.05, 0) is 60.0 Å². The SMILES string of the molecule is COc1ccc2[nH]c(C(c3ccccc3)c3c(O)c4ccccc4oc3=O)c(CCNC(=O)c3ccccc3OC)c2c1. The molecule has 6 rings (SSSR count). The van der Waals surface area contributed by atoms with Crippen molar-refractivity contribution in [3.8, 4) is 17.2 Å². The van der Waals surface area contributed by atoms with Crippen molar-refractivity contribution in [1.29, 1.82) is 0 Å². The Morgan fingerprint density at radius 3 is 2.44 bits per heavy atom. The van der Waals surface area contributed by atoms with Gasteiger partial charge >= 0.3 is 5.63 Å². The molecule has 6 aromatic rings. The second-order valence-corrected chi connectivity index (χ2v) is 10.1. The minimum Gasteiger partial charge on any atom is -0.507 e. The topological polar surface area (TPSA) is 114 Å². The second kappa shape index (κ2) is 11.8. The van der Waals surface area contributed by atoms with Crippen LogP contribution in [0, 0.1) is 0 Å². The normalized spacial score (nSPS) is 11.9. The van der Waals surface area contributed by atoms with E-state index < -0.39 is 11.5 Å². The van der Waals surface area contributed by atoms with Crippen LogP contribution in [0.4, 0.5) is 0 Å². The number of rotatable bonds is 9. The van der Waals surface area contributed by atoms with E-state index in [0.717, 1.165) is 22.0 Å². The first-order valence-electron chi connectivity index (χ1n) is 13.9. The van der Waals surface area contributed by atoms with Crippen LogP contribution in [0.1, 0.15) is 38.7 Å². The molecule has 8 nitrogen and oxygen atoms in total. The van der Waals surface area contributed by atoms with Gasteiger partial charge < -0.3 is 29.3 Å². The van der Waals surface area contributed by atoms with Crippen LogP contribution in [0.2, 0.25) is 0 Å². The molecule has 4 aromatic carbocycles. The maximum Gasteiger partial charge on any atom is 0.344 e. The standard InChI is InChI=1S/C35H30N2O6/c1-41-22-16-17-27-26(20-22)23(18-19-36-34(39)25-13-7-8-14-28(25)42-2)32(37-27)30(21-10-4-3-5-11-21)31-33(38)24-12-6-9-15-29(24)43-35(31)40/h3-17,20,30,37-38H,18-19H2,1-2H3,(H,36,39). The molecule has 0 aliphatic carbocycles. The number of amides is 1. The fourth-order valence-electron chi connectivity index (χ4n) is 5.64. The first kappa shape index (κ1) is 27.7. The molecule has 1 unspecified atom stereocenters. The number of para-hydroxylation sites is 2. The Balaban J connectivity index is 1.49. The van der Waals surface area contributed by atoms with Crippen molar-refractivity contribution in [3.63, 3.8) is 0 Å². The van der Waals surface area contributed by atoms with Gasteiger partial charge in [-0.25, -0.2) is 4.79 Å². The van der Waals surface area contributed by atoms with E-state index in [9.17, 15) is 14.7 Å². The predicted molar refractivity (Wildman–Crippen MR) is 165 cm³/mol. The highest BCUT2D eigenvalue weighted by molar-refractivity contribution is 5.97. The minimum atomic E-state index is -0.694. The van der Waals surface area contributed by atoms with Gasteiger partial charge in [-0.3, -0.25) is 4.79 Å². The molecule has 0 aliphatic rings. The van der Waals surface area contributed by atoms with Crippen molar-refractivity contribution in [1.82, 2.24) is 10.3 Å². The number of aromatic nitrogens is 1. The van der Waals surface area contributed by atoms with E-state index >= 15 is 0 Å². The zero-order valence-electron chi connectivity index (χ0n) is 23.7. The number of benzene rings is 4. The molecule has 0 fully saturated rings. The van der Waals surface area contributed by atoms with E-state index in [2.05, 4.69) is 10.3 Å². The summed E-state index contributed by atoms with van der Waals surface area (Å²) in [7, 11) is 3.13. The van der Waals surface area contributed by atoms with Gasteiger partial charge in [0.15, 0.2) is 0 Å². The summed E-state index contributed by atoms with van der Waals surface area (Å²) in [5.74, 6) is 0.0680. The Hall–Kier alpha value is -5.50. The summed E-state index contributed by atoms with van der Waals surface area (Å²) in [6, 6.07) is 29.2. The molecule has 0 saturated carbocycles. The maximum absolute atomic E-state index is 13.6. The van der Waals surface area contributed by atoms with E-state index in [4.69, 9.17) is 13.9 Å². The smallest absolute Gasteiger partial charge is 0.344 e. The Morgan fingerprint density at radius 2 is 1.65 bits per heavy atom. The number of nitrogens with one attached hydrogen (secondary N) is 2. The highest BCUT2D eigenvalue weighted by atomic mass is 16.5. The van der Waals surface area contributed by atoms with Crippen LogP contribution >= 0.6 is 0 Å². The van der Waals surface area contributed by atoms with Crippen LogP contribution in [-0.2, 0) is 6.42 Å². The third kappa shape index (κ3) is 5.19. The fourth-order valence-corrected chi connectivity index (χ4v) is 5.64. The van der Waals surface area contributed by atoms with Crippen molar-refractivity contribution in [2.45, 2.75) is 12.3 Å².